The molecule has 0 saturated heterocycles. The van der Waals surface area contributed by atoms with E-state index in [1.54, 1.807) is 60.4 Å². The number of anilines is 2. The Morgan fingerprint density at radius 3 is 2.21 bits per heavy atom. The molecule has 0 aliphatic heterocycles. The van der Waals surface area contributed by atoms with Crippen molar-refractivity contribution >= 4 is 23.4 Å². The zero-order chi connectivity index (χ0) is 28.0. The van der Waals surface area contributed by atoms with Crippen molar-refractivity contribution in [1.82, 2.24) is 20.1 Å². The molecule has 39 heavy (non-hydrogen) atoms. The number of benzene rings is 2. The van der Waals surface area contributed by atoms with Crippen LogP contribution in [-0.4, -0.2) is 32.7 Å². The van der Waals surface area contributed by atoms with E-state index in [0.29, 0.717) is 29.5 Å². The largest absolute Gasteiger partial charge is 0.457 e. The number of aromatic nitrogens is 3. The van der Waals surface area contributed by atoms with Gasteiger partial charge in [0, 0.05) is 36.1 Å². The summed E-state index contributed by atoms with van der Waals surface area (Å²) in [5.74, 6) is 1.45. The Morgan fingerprint density at radius 1 is 0.949 bits per heavy atom. The number of primary amides is 1. The van der Waals surface area contributed by atoms with Gasteiger partial charge in [-0.2, -0.15) is 5.10 Å². The number of hydrogen-bond acceptors (Lipinski definition) is 6. The van der Waals surface area contributed by atoms with Crippen molar-refractivity contribution in [3.63, 3.8) is 0 Å². The standard InChI is InChI=1S/C29H33N7O3/c1-19(27(30)37)32-18-20-5-9-22(10-6-20)36-26(17-25(35-36)29(2,3)4)34-28(38)33-21-7-11-23(12-8-21)39-24-13-15-31-16-14-24/h5-17,19,32H,18H2,1-4H3,(H2,30,37)(H2,33,34,38)/t19-/m0/s1. The average molecular weight is 528 g/mol. The molecular formula is C29H33N7O3. The molecule has 202 valence electrons. The van der Waals surface area contributed by atoms with E-state index in [1.807, 2.05) is 30.3 Å². The number of carbonyl (C=O) groups is 2. The lowest BCUT2D eigenvalue weighted by Crippen LogP contribution is -2.38. The molecule has 0 aliphatic carbocycles. The van der Waals surface area contributed by atoms with E-state index in [-0.39, 0.29) is 5.41 Å². The van der Waals surface area contributed by atoms with Crippen LogP contribution in [-0.2, 0) is 16.8 Å². The minimum atomic E-state index is -0.426. The molecule has 2 aromatic heterocycles. The number of pyridine rings is 1. The number of amides is 3. The van der Waals surface area contributed by atoms with Crippen LogP contribution in [0.2, 0.25) is 0 Å². The van der Waals surface area contributed by atoms with Gasteiger partial charge < -0.3 is 21.1 Å². The van der Waals surface area contributed by atoms with Crippen molar-refractivity contribution in [2.45, 2.75) is 45.7 Å². The summed E-state index contributed by atoms with van der Waals surface area (Å²) < 4.78 is 7.48. The minimum absolute atomic E-state index is 0.225. The first kappa shape index (κ1) is 27.3. The van der Waals surface area contributed by atoms with E-state index in [9.17, 15) is 9.59 Å². The lowest BCUT2D eigenvalue weighted by Gasteiger charge is -2.14. The van der Waals surface area contributed by atoms with Gasteiger partial charge in [0.2, 0.25) is 5.91 Å². The molecule has 0 saturated carbocycles. The molecule has 10 nitrogen and oxygen atoms in total. The first-order valence-corrected chi connectivity index (χ1v) is 12.6. The summed E-state index contributed by atoms with van der Waals surface area (Å²) in [7, 11) is 0. The van der Waals surface area contributed by atoms with Gasteiger partial charge in [-0.05, 0) is 61.0 Å². The normalized spacial score (nSPS) is 12.0. The maximum absolute atomic E-state index is 12.9. The first-order valence-electron chi connectivity index (χ1n) is 12.6. The number of hydrogen-bond donors (Lipinski definition) is 4. The van der Waals surface area contributed by atoms with E-state index in [0.717, 1.165) is 16.9 Å². The van der Waals surface area contributed by atoms with Crippen molar-refractivity contribution in [2.24, 2.45) is 5.73 Å². The van der Waals surface area contributed by atoms with Crippen molar-refractivity contribution in [2.75, 3.05) is 10.6 Å². The molecule has 3 amide bonds. The SMILES string of the molecule is C[C@H](NCc1ccc(-n2nc(C(C)(C)C)cc2NC(=O)Nc2ccc(Oc3ccncc3)cc2)cc1)C(N)=O. The molecule has 5 N–H and O–H groups in total. The lowest BCUT2D eigenvalue weighted by atomic mass is 9.92. The molecule has 1 atom stereocenters. The maximum Gasteiger partial charge on any atom is 0.324 e. The number of nitrogens with two attached hydrogens (primary N) is 1. The van der Waals surface area contributed by atoms with Crippen LogP contribution in [0.4, 0.5) is 16.3 Å². The number of rotatable bonds is 9. The van der Waals surface area contributed by atoms with Crippen LogP contribution in [0.1, 0.15) is 39.0 Å². The third kappa shape index (κ3) is 7.42. The smallest absolute Gasteiger partial charge is 0.324 e. The van der Waals surface area contributed by atoms with Gasteiger partial charge in [0.15, 0.2) is 0 Å². The Balaban J connectivity index is 1.46. The summed E-state index contributed by atoms with van der Waals surface area (Å²) in [6, 6.07) is 19.4. The summed E-state index contributed by atoms with van der Waals surface area (Å²) in [5.41, 5.74) is 8.30. The first-order chi connectivity index (χ1) is 18.6. The van der Waals surface area contributed by atoms with Gasteiger partial charge in [0.05, 0.1) is 17.4 Å². The van der Waals surface area contributed by atoms with Gasteiger partial charge in [-0.15, -0.1) is 0 Å². The van der Waals surface area contributed by atoms with Crippen molar-refractivity contribution < 1.29 is 14.3 Å². The van der Waals surface area contributed by atoms with Gasteiger partial charge in [0.1, 0.15) is 17.3 Å². The maximum atomic E-state index is 12.9. The number of nitrogens with one attached hydrogen (secondary N) is 3. The highest BCUT2D eigenvalue weighted by molar-refractivity contribution is 5.99. The molecule has 2 heterocycles. The highest BCUT2D eigenvalue weighted by atomic mass is 16.5. The van der Waals surface area contributed by atoms with Crippen LogP contribution in [0.15, 0.2) is 79.1 Å². The second kappa shape index (κ2) is 11.8. The minimum Gasteiger partial charge on any atom is -0.457 e. The van der Waals surface area contributed by atoms with Gasteiger partial charge in [-0.25, -0.2) is 9.48 Å². The fourth-order valence-corrected chi connectivity index (χ4v) is 3.59. The highest BCUT2D eigenvalue weighted by Crippen LogP contribution is 2.27. The zero-order valence-corrected chi connectivity index (χ0v) is 22.4. The van der Waals surface area contributed by atoms with Gasteiger partial charge in [-0.3, -0.25) is 15.1 Å². The third-order valence-corrected chi connectivity index (χ3v) is 5.94. The Hall–Kier alpha value is -4.70. The Labute approximate surface area is 227 Å². The molecule has 4 aromatic rings. The highest BCUT2D eigenvalue weighted by Gasteiger charge is 2.21. The summed E-state index contributed by atoms with van der Waals surface area (Å²) in [6.07, 6.45) is 3.31. The monoisotopic (exact) mass is 527 g/mol. The van der Waals surface area contributed by atoms with Crippen LogP contribution in [0.5, 0.6) is 11.5 Å². The number of urea groups is 1. The number of nitrogens with zero attached hydrogens (tertiary/aromatic N) is 3. The van der Waals surface area contributed by atoms with E-state index in [4.69, 9.17) is 15.6 Å². The number of ether oxygens (including phenoxy) is 1. The average Bonchev–Trinajstić information content (AvgIpc) is 3.33. The third-order valence-electron chi connectivity index (χ3n) is 5.94. The molecule has 0 bridgehead atoms. The number of carbonyl (C=O) groups excluding carboxylic acids is 2. The van der Waals surface area contributed by atoms with Crippen LogP contribution in [0.3, 0.4) is 0 Å². The topological polar surface area (TPSA) is 136 Å². The van der Waals surface area contributed by atoms with Gasteiger partial charge >= 0.3 is 6.03 Å². The zero-order valence-electron chi connectivity index (χ0n) is 22.4. The van der Waals surface area contributed by atoms with Crippen LogP contribution >= 0.6 is 0 Å². The molecule has 0 fully saturated rings. The summed E-state index contributed by atoms with van der Waals surface area (Å²) in [5, 5.41) is 13.6. The fourth-order valence-electron chi connectivity index (χ4n) is 3.59. The van der Waals surface area contributed by atoms with Crippen molar-refractivity contribution in [1.29, 1.82) is 0 Å². The molecule has 0 radical (unpaired) electrons. The quantitative estimate of drug-likeness (QED) is 0.243. The molecule has 0 unspecified atom stereocenters. The van der Waals surface area contributed by atoms with Crippen molar-refractivity contribution in [3.05, 3.63) is 90.4 Å². The molecule has 0 aliphatic rings. The molecule has 10 heteroatoms. The Morgan fingerprint density at radius 2 is 1.59 bits per heavy atom. The van der Waals surface area contributed by atoms with Crippen LogP contribution in [0.25, 0.3) is 5.69 Å². The second-order valence-corrected chi connectivity index (χ2v) is 10.1. The summed E-state index contributed by atoms with van der Waals surface area (Å²) >= 11 is 0. The van der Waals surface area contributed by atoms with E-state index in [1.165, 1.54) is 0 Å². The predicted molar refractivity (Wildman–Crippen MR) is 151 cm³/mol. The van der Waals surface area contributed by atoms with E-state index in [2.05, 4.69) is 41.7 Å². The fraction of sp³-hybridized carbons (Fsp3) is 0.241. The van der Waals surface area contributed by atoms with E-state index >= 15 is 0 Å². The van der Waals surface area contributed by atoms with Gasteiger partial charge in [-0.1, -0.05) is 32.9 Å². The van der Waals surface area contributed by atoms with Crippen molar-refractivity contribution in [3.8, 4) is 17.2 Å². The lowest BCUT2D eigenvalue weighted by molar-refractivity contribution is -0.119. The summed E-state index contributed by atoms with van der Waals surface area (Å²) in [4.78, 5) is 28.2. The van der Waals surface area contributed by atoms with Crippen LogP contribution < -0.4 is 26.4 Å². The molecule has 2 aromatic carbocycles. The second-order valence-electron chi connectivity index (χ2n) is 10.1. The Bertz CT molecular complexity index is 1410. The summed E-state index contributed by atoms with van der Waals surface area (Å²) in [6.45, 7) is 8.41. The Kier molecular flexibility index (Phi) is 8.26. The predicted octanol–water partition coefficient (Wildman–Crippen LogP) is 4.96. The van der Waals surface area contributed by atoms with Crippen LogP contribution in [0, 0.1) is 0 Å². The van der Waals surface area contributed by atoms with Gasteiger partial charge in [0.25, 0.3) is 0 Å². The molecule has 4 rings (SSSR count). The molecule has 0 spiro atoms. The molecular weight excluding hydrogens is 494 g/mol. The van der Waals surface area contributed by atoms with E-state index < -0.39 is 18.0 Å².